The second kappa shape index (κ2) is 7.42. The molecule has 2 aromatic rings. The lowest BCUT2D eigenvalue weighted by Crippen LogP contribution is -2.30. The van der Waals surface area contributed by atoms with Gasteiger partial charge < -0.3 is 15.8 Å². The summed E-state index contributed by atoms with van der Waals surface area (Å²) in [7, 11) is 0. The first-order chi connectivity index (χ1) is 12.1. The van der Waals surface area contributed by atoms with Gasteiger partial charge in [0.15, 0.2) is 6.10 Å². The summed E-state index contributed by atoms with van der Waals surface area (Å²) in [4.78, 5) is 24.0. The van der Waals surface area contributed by atoms with E-state index in [9.17, 15) is 27.2 Å². The maximum atomic E-state index is 12.8. The van der Waals surface area contributed by atoms with Crippen molar-refractivity contribution in [1.82, 2.24) is 0 Å². The highest BCUT2D eigenvalue weighted by Gasteiger charge is 2.31. The summed E-state index contributed by atoms with van der Waals surface area (Å²) < 4.78 is 55.5. The summed E-state index contributed by atoms with van der Waals surface area (Å²) in [5, 5.41) is 2.41. The van der Waals surface area contributed by atoms with E-state index in [1.807, 2.05) is 0 Å². The van der Waals surface area contributed by atoms with Crippen LogP contribution in [0.4, 0.5) is 28.9 Å². The van der Waals surface area contributed by atoms with Crippen molar-refractivity contribution in [2.45, 2.75) is 19.2 Å². The van der Waals surface area contributed by atoms with Crippen LogP contribution in [0.2, 0.25) is 0 Å². The molecule has 0 saturated carbocycles. The Hall–Kier alpha value is -3.10. The highest BCUT2D eigenvalue weighted by Crippen LogP contribution is 2.31. The smallest absolute Gasteiger partial charge is 0.416 e. The normalized spacial score (nSPS) is 12.3. The summed E-state index contributed by atoms with van der Waals surface area (Å²) in [6.45, 7) is 1.27. The monoisotopic (exact) mass is 370 g/mol. The molecule has 0 heterocycles. The van der Waals surface area contributed by atoms with Gasteiger partial charge in [-0.05, 0) is 49.4 Å². The van der Waals surface area contributed by atoms with Gasteiger partial charge in [-0.2, -0.15) is 13.2 Å². The molecule has 0 saturated heterocycles. The summed E-state index contributed by atoms with van der Waals surface area (Å²) >= 11 is 0. The molecule has 138 valence electrons. The topological polar surface area (TPSA) is 81.4 Å². The van der Waals surface area contributed by atoms with E-state index >= 15 is 0 Å². The number of alkyl halides is 3. The predicted octanol–water partition coefficient (Wildman–Crippen LogP) is 3.61. The molecule has 3 N–H and O–H groups in total. The van der Waals surface area contributed by atoms with Gasteiger partial charge in [0.25, 0.3) is 5.91 Å². The quantitative estimate of drug-likeness (QED) is 0.489. The van der Waals surface area contributed by atoms with Crippen molar-refractivity contribution in [3.63, 3.8) is 0 Å². The number of nitrogen functional groups attached to an aromatic ring is 1. The maximum absolute atomic E-state index is 12.8. The van der Waals surface area contributed by atoms with Crippen LogP contribution >= 0.6 is 0 Å². The first-order valence-electron chi connectivity index (χ1n) is 7.32. The molecule has 2 aromatic carbocycles. The summed E-state index contributed by atoms with van der Waals surface area (Å²) in [5.74, 6) is -2.23. The van der Waals surface area contributed by atoms with Gasteiger partial charge in [-0.15, -0.1) is 0 Å². The van der Waals surface area contributed by atoms with Gasteiger partial charge >= 0.3 is 12.1 Å². The third-order valence-corrected chi connectivity index (χ3v) is 3.36. The van der Waals surface area contributed by atoms with E-state index in [1.165, 1.54) is 19.1 Å². The number of nitrogens with one attached hydrogen (secondary N) is 1. The SMILES string of the molecule is C[C@H](OC(=O)c1ccc(C(F)(F)F)cc1N)C(=O)Nc1ccc(F)cc1. The highest BCUT2D eigenvalue weighted by molar-refractivity contribution is 5.99. The number of carbonyl (C=O) groups is 2. The predicted molar refractivity (Wildman–Crippen MR) is 85.8 cm³/mol. The molecular formula is C17H14F4N2O3. The van der Waals surface area contributed by atoms with Crippen molar-refractivity contribution in [2.75, 3.05) is 11.1 Å². The molecule has 0 radical (unpaired) electrons. The van der Waals surface area contributed by atoms with Gasteiger partial charge in [0.05, 0.1) is 11.1 Å². The van der Waals surface area contributed by atoms with Crippen molar-refractivity contribution in [3.8, 4) is 0 Å². The van der Waals surface area contributed by atoms with Crippen LogP contribution in [0.25, 0.3) is 0 Å². The number of halogens is 4. The van der Waals surface area contributed by atoms with Crippen LogP contribution < -0.4 is 11.1 Å². The van der Waals surface area contributed by atoms with Crippen LogP contribution in [0.5, 0.6) is 0 Å². The van der Waals surface area contributed by atoms with Crippen LogP contribution in [0.15, 0.2) is 42.5 Å². The standard InChI is InChI=1S/C17H14F4N2O3/c1-9(15(24)23-12-5-3-11(18)4-6-12)26-16(25)13-7-2-10(8-14(13)22)17(19,20)21/h2-9H,22H2,1H3,(H,23,24)/t9-/m0/s1. The molecular weight excluding hydrogens is 356 g/mol. The Morgan fingerprint density at radius 1 is 1.12 bits per heavy atom. The number of benzene rings is 2. The van der Waals surface area contributed by atoms with Gasteiger partial charge in [-0.25, -0.2) is 9.18 Å². The molecule has 0 fully saturated rings. The number of anilines is 2. The number of amides is 1. The molecule has 0 bridgehead atoms. The van der Waals surface area contributed by atoms with Crippen LogP contribution in [-0.4, -0.2) is 18.0 Å². The Labute approximate surface area is 145 Å². The van der Waals surface area contributed by atoms with E-state index in [2.05, 4.69) is 5.32 Å². The number of ether oxygens (including phenoxy) is 1. The second-order valence-corrected chi connectivity index (χ2v) is 5.34. The molecule has 1 atom stereocenters. The molecule has 0 unspecified atom stereocenters. The zero-order valence-electron chi connectivity index (χ0n) is 13.4. The zero-order valence-corrected chi connectivity index (χ0v) is 13.4. The number of rotatable bonds is 4. The molecule has 9 heteroatoms. The van der Waals surface area contributed by atoms with E-state index in [0.29, 0.717) is 12.1 Å². The lowest BCUT2D eigenvalue weighted by molar-refractivity contribution is -0.137. The van der Waals surface area contributed by atoms with Crippen molar-refractivity contribution in [2.24, 2.45) is 0 Å². The fourth-order valence-electron chi connectivity index (χ4n) is 1.98. The van der Waals surface area contributed by atoms with Crippen LogP contribution in [0.3, 0.4) is 0 Å². The first-order valence-corrected chi connectivity index (χ1v) is 7.32. The Balaban J connectivity index is 2.04. The third-order valence-electron chi connectivity index (χ3n) is 3.36. The molecule has 0 aromatic heterocycles. The van der Waals surface area contributed by atoms with Gasteiger partial charge in [0, 0.05) is 11.4 Å². The second-order valence-electron chi connectivity index (χ2n) is 5.34. The molecule has 2 rings (SSSR count). The van der Waals surface area contributed by atoms with E-state index in [0.717, 1.165) is 18.2 Å². The molecule has 26 heavy (non-hydrogen) atoms. The molecule has 0 aliphatic carbocycles. The largest absolute Gasteiger partial charge is 0.449 e. The van der Waals surface area contributed by atoms with Gasteiger partial charge in [0.1, 0.15) is 5.82 Å². The van der Waals surface area contributed by atoms with E-state index in [-0.39, 0.29) is 11.3 Å². The summed E-state index contributed by atoms with van der Waals surface area (Å²) in [6, 6.07) is 7.08. The number of hydrogen-bond acceptors (Lipinski definition) is 4. The lowest BCUT2D eigenvalue weighted by atomic mass is 10.1. The summed E-state index contributed by atoms with van der Waals surface area (Å²) in [6.07, 6.45) is -5.85. The summed E-state index contributed by atoms with van der Waals surface area (Å²) in [5.41, 5.74) is 4.04. The first kappa shape index (κ1) is 19.2. The van der Waals surface area contributed by atoms with Gasteiger partial charge in [-0.1, -0.05) is 0 Å². The average Bonchev–Trinajstić information content (AvgIpc) is 2.55. The third kappa shape index (κ3) is 4.71. The Bertz CT molecular complexity index is 820. The minimum absolute atomic E-state index is 0.286. The Kier molecular flexibility index (Phi) is 5.49. The molecule has 1 amide bonds. The molecule has 0 aliphatic heterocycles. The van der Waals surface area contributed by atoms with Gasteiger partial charge in [0.2, 0.25) is 0 Å². The fourth-order valence-corrected chi connectivity index (χ4v) is 1.98. The van der Waals surface area contributed by atoms with E-state index < -0.39 is 41.2 Å². The lowest BCUT2D eigenvalue weighted by Gasteiger charge is -2.15. The van der Waals surface area contributed by atoms with Gasteiger partial charge in [-0.3, -0.25) is 4.79 Å². The van der Waals surface area contributed by atoms with Crippen molar-refractivity contribution < 1.29 is 31.9 Å². The maximum Gasteiger partial charge on any atom is 0.416 e. The van der Waals surface area contributed by atoms with Crippen LogP contribution in [0.1, 0.15) is 22.8 Å². The van der Waals surface area contributed by atoms with E-state index in [1.54, 1.807) is 0 Å². The number of hydrogen-bond donors (Lipinski definition) is 2. The minimum Gasteiger partial charge on any atom is -0.449 e. The molecule has 0 spiro atoms. The van der Waals surface area contributed by atoms with Crippen molar-refractivity contribution in [3.05, 3.63) is 59.4 Å². The van der Waals surface area contributed by atoms with Crippen LogP contribution in [0, 0.1) is 5.82 Å². The van der Waals surface area contributed by atoms with Crippen molar-refractivity contribution >= 4 is 23.3 Å². The van der Waals surface area contributed by atoms with E-state index in [4.69, 9.17) is 10.5 Å². The number of nitrogens with two attached hydrogens (primary N) is 1. The zero-order chi connectivity index (χ0) is 19.5. The average molecular weight is 370 g/mol. The van der Waals surface area contributed by atoms with Crippen molar-refractivity contribution in [1.29, 1.82) is 0 Å². The fraction of sp³-hybridized carbons (Fsp3) is 0.176. The number of carbonyl (C=O) groups excluding carboxylic acids is 2. The molecule has 0 aliphatic rings. The molecule has 5 nitrogen and oxygen atoms in total. The number of esters is 1. The Morgan fingerprint density at radius 2 is 1.73 bits per heavy atom. The minimum atomic E-state index is -4.60. The Morgan fingerprint density at radius 3 is 2.27 bits per heavy atom. The van der Waals surface area contributed by atoms with Crippen LogP contribution in [-0.2, 0) is 15.7 Å². The highest BCUT2D eigenvalue weighted by atomic mass is 19.4.